The van der Waals surface area contributed by atoms with Gasteiger partial charge in [0.25, 0.3) is 7.23 Å². The molecule has 0 spiro atoms. The van der Waals surface area contributed by atoms with Crippen LogP contribution in [0, 0.1) is 0 Å². The van der Waals surface area contributed by atoms with Gasteiger partial charge in [-0.1, -0.05) is 0 Å². The number of alkyl halides is 1. The van der Waals surface area contributed by atoms with Gasteiger partial charge in [0.2, 0.25) is 0 Å². The number of nitrogens with two attached hydrogens (primary N) is 1. The number of rotatable bonds is 9. The van der Waals surface area contributed by atoms with Crippen molar-refractivity contribution in [2.24, 2.45) is 0 Å². The average molecular weight is 532 g/mol. The van der Waals surface area contributed by atoms with E-state index >= 15 is 0 Å². The van der Waals surface area contributed by atoms with Crippen LogP contribution < -0.4 is 11.4 Å². The third kappa shape index (κ3) is 6.67. The van der Waals surface area contributed by atoms with Crippen LogP contribution in [0.5, 0.6) is 0 Å². The second kappa shape index (κ2) is 9.29. The fourth-order valence-electron chi connectivity index (χ4n) is 2.37. The van der Waals surface area contributed by atoms with Crippen LogP contribution >= 0.6 is 31.4 Å². The summed E-state index contributed by atoms with van der Waals surface area (Å²) in [7, 11) is -13.4. The van der Waals surface area contributed by atoms with Gasteiger partial charge in [-0.2, -0.15) is 19.1 Å². The third-order valence-electron chi connectivity index (χ3n) is 3.59. The first-order valence-electron chi connectivity index (χ1n) is 7.65. The molecule has 3 unspecified atom stereocenters. The van der Waals surface area contributed by atoms with Gasteiger partial charge in [-0.25, -0.2) is 22.6 Å². The van der Waals surface area contributed by atoms with E-state index in [9.17, 15) is 38.3 Å². The summed E-state index contributed by atoms with van der Waals surface area (Å²) in [6.07, 6.45) is -5.07. The molecule has 1 aliphatic rings. The summed E-state index contributed by atoms with van der Waals surface area (Å²) in [5.74, 6) is -0.307. The minimum Gasteiger partial charge on any atom is -0.387 e. The Labute approximate surface area is 173 Å². The Kier molecular flexibility index (Phi) is 7.97. The molecular formula is C9H17FN4O13P4. The van der Waals surface area contributed by atoms with Gasteiger partial charge in [0.1, 0.15) is 24.7 Å². The molecule has 0 bridgehead atoms. The summed E-state index contributed by atoms with van der Waals surface area (Å²) in [4.78, 5) is 51.8. The van der Waals surface area contributed by atoms with Crippen LogP contribution in [-0.2, 0) is 27.0 Å². The van der Waals surface area contributed by atoms with Gasteiger partial charge in [0.05, 0.1) is 12.8 Å². The Bertz CT molecular complexity index is 1020. The van der Waals surface area contributed by atoms with Crippen LogP contribution in [0.4, 0.5) is 10.2 Å². The number of ether oxygens (including phenoxy) is 1. The highest BCUT2D eigenvalue weighted by atomic mass is 31.8. The maximum Gasteiger partial charge on any atom is 0.488 e. The Morgan fingerprint density at radius 1 is 1.29 bits per heavy atom. The lowest BCUT2D eigenvalue weighted by molar-refractivity contribution is -0.126. The Hall–Kier alpha value is -0.670. The van der Waals surface area contributed by atoms with E-state index in [4.69, 9.17) is 20.3 Å². The molecule has 0 aliphatic carbocycles. The first kappa shape index (κ1) is 26.6. The second-order valence-corrected chi connectivity index (χ2v) is 12.2. The van der Waals surface area contributed by atoms with E-state index < -0.39 is 65.9 Å². The highest BCUT2D eigenvalue weighted by Crippen LogP contribution is 2.67. The molecule has 1 saturated heterocycles. The Morgan fingerprint density at radius 2 is 1.90 bits per heavy atom. The van der Waals surface area contributed by atoms with Gasteiger partial charge >= 0.3 is 21.3 Å². The van der Waals surface area contributed by atoms with Crippen molar-refractivity contribution in [3.05, 3.63) is 16.7 Å². The zero-order valence-corrected chi connectivity index (χ0v) is 18.6. The third-order valence-corrected chi connectivity index (χ3v) is 8.19. The van der Waals surface area contributed by atoms with Crippen molar-refractivity contribution in [1.82, 2.24) is 14.8 Å². The predicted octanol–water partition coefficient (Wildman–Crippen LogP) is -1.77. The number of halogens is 1. The largest absolute Gasteiger partial charge is 0.488 e. The number of hydrogen-bond acceptors (Lipinski definition) is 12. The number of hydrogen-bond donors (Lipinski definition) is 7. The van der Waals surface area contributed by atoms with Crippen LogP contribution in [0.3, 0.4) is 0 Å². The molecule has 2 rings (SSSR count). The first-order chi connectivity index (χ1) is 14.0. The number of phosphoric acid groups is 2. The normalized spacial score (nSPS) is 30.6. The highest BCUT2D eigenvalue weighted by Gasteiger charge is 2.58. The molecule has 0 aromatic carbocycles. The van der Waals surface area contributed by atoms with Crippen molar-refractivity contribution < 1.29 is 61.2 Å². The fourth-order valence-corrected chi connectivity index (χ4v) is 6.41. The summed E-state index contributed by atoms with van der Waals surface area (Å²) >= 11 is 0. The molecule has 0 radical (unpaired) electrons. The van der Waals surface area contributed by atoms with E-state index in [0.717, 1.165) is 6.20 Å². The number of anilines is 1. The number of aliphatic hydroxyl groups is 2. The molecule has 1 aromatic rings. The van der Waals surface area contributed by atoms with Gasteiger partial charge in [-0.3, -0.25) is 4.52 Å². The van der Waals surface area contributed by atoms with Gasteiger partial charge in [0, 0.05) is 0 Å². The first-order valence-corrected chi connectivity index (χ1v) is 13.6. The van der Waals surface area contributed by atoms with E-state index in [0.29, 0.717) is 4.68 Å². The Morgan fingerprint density at radius 3 is 2.42 bits per heavy atom. The van der Waals surface area contributed by atoms with Crippen LogP contribution in [0.2, 0.25) is 0 Å². The van der Waals surface area contributed by atoms with Crippen LogP contribution in [0.1, 0.15) is 6.23 Å². The summed E-state index contributed by atoms with van der Waals surface area (Å²) in [5.41, 5.74) is 1.30. The quantitative estimate of drug-likeness (QED) is 0.174. The monoisotopic (exact) mass is 532 g/mol. The molecule has 0 amide bonds. The lowest BCUT2D eigenvalue weighted by atomic mass is 9.96. The standard InChI is InChI=1S/C9H17FN4O13P4/c10-3-9(17)6(15)4(25-7(9)14-8(16)13-5(11)1-12-14)2-24-29(18,19)26-30(20,21)27-31(22,23)28/h1,4,6-7,15,17,22-23,28H,2-3H2,(H,18,19)(H,20,21)(H2,11,13,16)/t4-,6+,7-,9?/m1/s1. The number of aliphatic hydroxyl groups excluding tert-OH is 1. The minimum atomic E-state index is -5.54. The van der Waals surface area contributed by atoms with Crippen molar-refractivity contribution in [3.8, 4) is 0 Å². The summed E-state index contributed by atoms with van der Waals surface area (Å²) < 4.78 is 54.3. The molecule has 6 atom stereocenters. The number of aromatic nitrogens is 3. The zero-order chi connectivity index (χ0) is 23.8. The summed E-state index contributed by atoms with van der Waals surface area (Å²) in [6, 6.07) is 0. The topological polar surface area (TPSA) is 266 Å². The van der Waals surface area contributed by atoms with Crippen LogP contribution in [0.25, 0.3) is 0 Å². The molecule has 1 aliphatic heterocycles. The van der Waals surface area contributed by atoms with Crippen molar-refractivity contribution in [1.29, 1.82) is 0 Å². The fraction of sp³-hybridized carbons (Fsp3) is 0.667. The molecule has 1 aromatic heterocycles. The summed E-state index contributed by atoms with van der Waals surface area (Å²) in [5, 5.41) is 24.1. The maximum absolute atomic E-state index is 13.5. The van der Waals surface area contributed by atoms with Gasteiger partial charge < -0.3 is 40.3 Å². The average Bonchev–Trinajstić information content (AvgIpc) is 2.82. The molecule has 1 fully saturated rings. The van der Waals surface area contributed by atoms with E-state index in [1.807, 2.05) is 0 Å². The number of phosphoric ester groups is 1. The lowest BCUT2D eigenvalue weighted by Crippen LogP contribution is -2.51. The van der Waals surface area contributed by atoms with Crippen molar-refractivity contribution in [2.45, 2.75) is 24.0 Å². The SMILES string of the molecule is Nc1cnn([C@@H]2O[C@H](COP(=O)(O)OP(=O)(O)OP(O)(O)=P)[C@H](O)C2(O)CF)c(=O)n1. The van der Waals surface area contributed by atoms with E-state index in [1.54, 1.807) is 0 Å². The zero-order valence-electron chi connectivity index (χ0n) is 14.9. The molecule has 178 valence electrons. The Balaban J connectivity index is 2.17. The highest BCUT2D eigenvalue weighted by molar-refractivity contribution is 7.91. The smallest absolute Gasteiger partial charge is 0.387 e. The van der Waals surface area contributed by atoms with E-state index in [-0.39, 0.29) is 5.82 Å². The molecule has 31 heavy (non-hydrogen) atoms. The van der Waals surface area contributed by atoms with Gasteiger partial charge in [-0.05, 0) is 8.53 Å². The number of nitrogen functional groups attached to an aromatic ring is 1. The molecule has 8 N–H and O–H groups in total. The molecular weight excluding hydrogens is 515 g/mol. The molecule has 22 heteroatoms. The molecule has 17 nitrogen and oxygen atoms in total. The van der Waals surface area contributed by atoms with Crippen molar-refractivity contribution in [2.75, 3.05) is 19.0 Å². The maximum atomic E-state index is 13.5. The van der Waals surface area contributed by atoms with Crippen LogP contribution in [0.15, 0.2) is 11.0 Å². The van der Waals surface area contributed by atoms with Gasteiger partial charge in [0.15, 0.2) is 11.8 Å². The van der Waals surface area contributed by atoms with Crippen molar-refractivity contribution >= 4 is 37.2 Å². The van der Waals surface area contributed by atoms with Crippen LogP contribution in [-0.4, -0.2) is 75.6 Å². The van der Waals surface area contributed by atoms with Gasteiger partial charge in [-0.15, -0.1) is 0 Å². The molecule has 2 heterocycles. The van der Waals surface area contributed by atoms with Crippen molar-refractivity contribution in [3.63, 3.8) is 0 Å². The van der Waals surface area contributed by atoms with E-state index in [1.165, 1.54) is 0 Å². The minimum absolute atomic E-state index is 0.307. The lowest BCUT2D eigenvalue weighted by Gasteiger charge is -2.27. The molecule has 0 saturated carbocycles. The predicted molar refractivity (Wildman–Crippen MR) is 99.0 cm³/mol. The summed E-state index contributed by atoms with van der Waals surface area (Å²) in [6.45, 7) is -2.83. The van der Waals surface area contributed by atoms with E-state index in [2.05, 4.69) is 31.8 Å². The second-order valence-electron chi connectivity index (χ2n) is 5.95. The number of nitrogens with zero attached hydrogens (tertiary/aromatic N) is 3.